The molecule has 0 amide bonds. The Labute approximate surface area is 107 Å². The Bertz CT molecular complexity index is 448. The van der Waals surface area contributed by atoms with Crippen LogP contribution in [0.2, 0.25) is 0 Å². The fourth-order valence-electron chi connectivity index (χ4n) is 2.16. The summed E-state index contributed by atoms with van der Waals surface area (Å²) in [7, 11) is 0. The van der Waals surface area contributed by atoms with Crippen LogP contribution >= 0.6 is 27.3 Å². The zero-order chi connectivity index (χ0) is 11.6. The second-order valence-electron chi connectivity index (χ2n) is 4.19. The fourth-order valence-corrected chi connectivity index (χ4v) is 3.77. The average Bonchev–Trinajstić information content (AvgIpc) is 2.68. The number of halogens is 1. The van der Waals surface area contributed by atoms with Gasteiger partial charge in [-0.25, -0.2) is 0 Å². The van der Waals surface area contributed by atoms with Crippen molar-refractivity contribution < 1.29 is 4.79 Å². The third kappa shape index (κ3) is 2.07. The van der Waals surface area contributed by atoms with E-state index in [0.717, 1.165) is 22.2 Å². The first-order chi connectivity index (χ1) is 7.68. The summed E-state index contributed by atoms with van der Waals surface area (Å²) in [6, 6.07) is 4.24. The van der Waals surface area contributed by atoms with Crippen molar-refractivity contribution in [3.8, 4) is 6.07 Å². The van der Waals surface area contributed by atoms with Crippen molar-refractivity contribution in [2.75, 3.05) is 0 Å². The van der Waals surface area contributed by atoms with Crippen LogP contribution in [0.3, 0.4) is 0 Å². The molecule has 1 aromatic rings. The monoisotopic (exact) mass is 297 g/mol. The third-order valence-electron chi connectivity index (χ3n) is 3.16. The van der Waals surface area contributed by atoms with Crippen molar-refractivity contribution in [3.63, 3.8) is 0 Å². The van der Waals surface area contributed by atoms with Crippen LogP contribution in [0.15, 0.2) is 15.9 Å². The number of hydrogen-bond acceptors (Lipinski definition) is 3. The van der Waals surface area contributed by atoms with Gasteiger partial charge in [0.05, 0.1) is 6.07 Å². The average molecular weight is 298 g/mol. The molecule has 0 radical (unpaired) electrons. The first kappa shape index (κ1) is 11.8. The van der Waals surface area contributed by atoms with E-state index in [4.69, 9.17) is 0 Å². The van der Waals surface area contributed by atoms with Gasteiger partial charge in [0.15, 0.2) is 5.78 Å². The lowest BCUT2D eigenvalue weighted by Gasteiger charge is -2.28. The summed E-state index contributed by atoms with van der Waals surface area (Å²) in [5.74, 6) is 0.126. The number of nitrogens with zero attached hydrogens (tertiary/aromatic N) is 1. The minimum absolute atomic E-state index is 0.126. The molecule has 1 unspecified atom stereocenters. The maximum absolute atomic E-state index is 12.0. The van der Waals surface area contributed by atoms with E-state index in [1.54, 1.807) is 11.3 Å². The highest BCUT2D eigenvalue weighted by atomic mass is 79.9. The normalized spacial score (nSPS) is 25.4. The van der Waals surface area contributed by atoms with Gasteiger partial charge in [0.1, 0.15) is 5.41 Å². The van der Waals surface area contributed by atoms with Crippen molar-refractivity contribution in [1.82, 2.24) is 0 Å². The lowest BCUT2D eigenvalue weighted by Crippen LogP contribution is -2.34. The molecular weight excluding hydrogens is 286 g/mol. The van der Waals surface area contributed by atoms with E-state index in [1.807, 2.05) is 11.4 Å². The zero-order valence-corrected chi connectivity index (χ0v) is 11.2. The van der Waals surface area contributed by atoms with Crippen LogP contribution in [-0.4, -0.2) is 5.78 Å². The minimum atomic E-state index is -0.758. The Morgan fingerprint density at radius 1 is 1.56 bits per heavy atom. The molecule has 4 heteroatoms. The predicted molar refractivity (Wildman–Crippen MR) is 67.2 cm³/mol. The van der Waals surface area contributed by atoms with Gasteiger partial charge in [0, 0.05) is 22.2 Å². The molecule has 1 aliphatic carbocycles. The number of rotatable bonds is 2. The highest BCUT2D eigenvalue weighted by Gasteiger charge is 2.40. The van der Waals surface area contributed by atoms with Gasteiger partial charge in [-0.15, -0.1) is 11.3 Å². The molecule has 1 heterocycles. The molecule has 0 saturated heterocycles. The van der Waals surface area contributed by atoms with Gasteiger partial charge in [-0.1, -0.05) is 6.42 Å². The Hall–Kier alpha value is -0.660. The lowest BCUT2D eigenvalue weighted by molar-refractivity contribution is -0.128. The van der Waals surface area contributed by atoms with Gasteiger partial charge in [-0.3, -0.25) is 4.79 Å². The maximum atomic E-state index is 12.0. The molecule has 1 aromatic heterocycles. The molecule has 16 heavy (non-hydrogen) atoms. The first-order valence-electron chi connectivity index (χ1n) is 5.34. The Morgan fingerprint density at radius 3 is 2.94 bits per heavy atom. The predicted octanol–water partition coefficient (Wildman–Crippen LogP) is 3.71. The van der Waals surface area contributed by atoms with Crippen molar-refractivity contribution in [1.29, 1.82) is 5.26 Å². The van der Waals surface area contributed by atoms with E-state index in [0.29, 0.717) is 19.3 Å². The number of hydrogen-bond donors (Lipinski definition) is 0. The van der Waals surface area contributed by atoms with Gasteiger partial charge in [0.2, 0.25) is 0 Å². The largest absolute Gasteiger partial charge is 0.298 e. The van der Waals surface area contributed by atoms with Gasteiger partial charge in [-0.05, 0) is 40.2 Å². The number of ketones is 1. The molecule has 2 rings (SSSR count). The zero-order valence-electron chi connectivity index (χ0n) is 8.83. The van der Waals surface area contributed by atoms with E-state index < -0.39 is 5.41 Å². The molecule has 0 aromatic carbocycles. The molecule has 1 atom stereocenters. The molecule has 0 spiro atoms. The molecule has 1 aliphatic rings. The summed E-state index contributed by atoms with van der Waals surface area (Å²) >= 11 is 5.07. The molecule has 0 bridgehead atoms. The van der Waals surface area contributed by atoms with E-state index in [1.165, 1.54) is 0 Å². The molecule has 0 aliphatic heterocycles. The number of thiophene rings is 1. The van der Waals surface area contributed by atoms with E-state index in [-0.39, 0.29) is 5.78 Å². The quantitative estimate of drug-likeness (QED) is 0.835. The summed E-state index contributed by atoms with van der Waals surface area (Å²) in [5.41, 5.74) is -0.758. The number of carbonyl (C=O) groups is 1. The molecule has 84 valence electrons. The smallest absolute Gasteiger partial charge is 0.153 e. The Morgan fingerprint density at radius 2 is 2.38 bits per heavy atom. The van der Waals surface area contributed by atoms with Gasteiger partial charge >= 0.3 is 0 Å². The van der Waals surface area contributed by atoms with Crippen molar-refractivity contribution in [3.05, 3.63) is 20.8 Å². The summed E-state index contributed by atoms with van der Waals surface area (Å²) < 4.78 is 1.02. The summed E-state index contributed by atoms with van der Waals surface area (Å²) in [6.07, 6.45) is 3.78. The van der Waals surface area contributed by atoms with Crippen molar-refractivity contribution in [2.45, 2.75) is 32.1 Å². The Balaban J connectivity index is 2.26. The summed E-state index contributed by atoms with van der Waals surface area (Å²) in [4.78, 5) is 13.1. The maximum Gasteiger partial charge on any atom is 0.153 e. The fraction of sp³-hybridized carbons (Fsp3) is 0.500. The molecule has 0 N–H and O–H groups in total. The number of carbonyl (C=O) groups excluding carboxylic acids is 1. The van der Waals surface area contributed by atoms with E-state index in [2.05, 4.69) is 22.0 Å². The number of Topliss-reactive ketones (excluding diaryl/α,β-unsaturated/α-hetero) is 1. The topological polar surface area (TPSA) is 40.9 Å². The van der Waals surface area contributed by atoms with Crippen molar-refractivity contribution >= 4 is 33.0 Å². The Kier molecular flexibility index (Phi) is 3.46. The molecular formula is C12H12BrNOS. The van der Waals surface area contributed by atoms with Crippen LogP contribution in [0.5, 0.6) is 0 Å². The van der Waals surface area contributed by atoms with Crippen LogP contribution in [0.4, 0.5) is 0 Å². The van der Waals surface area contributed by atoms with Crippen LogP contribution in [0.25, 0.3) is 0 Å². The van der Waals surface area contributed by atoms with E-state index >= 15 is 0 Å². The van der Waals surface area contributed by atoms with Crippen molar-refractivity contribution in [2.24, 2.45) is 5.41 Å². The molecule has 2 nitrogen and oxygen atoms in total. The highest BCUT2D eigenvalue weighted by Crippen LogP contribution is 2.38. The van der Waals surface area contributed by atoms with Gasteiger partial charge < -0.3 is 0 Å². The second-order valence-corrected chi connectivity index (χ2v) is 6.05. The van der Waals surface area contributed by atoms with Gasteiger partial charge in [-0.2, -0.15) is 5.26 Å². The lowest BCUT2D eigenvalue weighted by atomic mass is 9.71. The first-order valence-corrected chi connectivity index (χ1v) is 7.02. The highest BCUT2D eigenvalue weighted by molar-refractivity contribution is 9.10. The minimum Gasteiger partial charge on any atom is -0.298 e. The van der Waals surface area contributed by atoms with Gasteiger partial charge in [0.25, 0.3) is 0 Å². The number of nitriles is 1. The molecule has 1 saturated carbocycles. The van der Waals surface area contributed by atoms with Crippen LogP contribution in [0, 0.1) is 16.7 Å². The second kappa shape index (κ2) is 4.68. The van der Waals surface area contributed by atoms with Crippen LogP contribution < -0.4 is 0 Å². The standard InChI is InChI=1S/C12H12BrNOS/c13-9-4-6-16-10(9)7-12(8-14)5-2-1-3-11(12)15/h4,6H,1-3,5,7H2. The van der Waals surface area contributed by atoms with E-state index in [9.17, 15) is 10.1 Å². The summed E-state index contributed by atoms with van der Waals surface area (Å²) in [5, 5.41) is 11.3. The third-order valence-corrected chi connectivity index (χ3v) is 5.08. The summed E-state index contributed by atoms with van der Waals surface area (Å²) in [6.45, 7) is 0. The van der Waals surface area contributed by atoms with Crippen LogP contribution in [0.1, 0.15) is 30.6 Å². The van der Waals surface area contributed by atoms with Crippen LogP contribution in [-0.2, 0) is 11.2 Å². The SMILES string of the molecule is N#CC1(Cc2sccc2Br)CCCCC1=O. The molecule has 1 fully saturated rings.